The first kappa shape index (κ1) is 15.9. The molecule has 7 nitrogen and oxygen atoms in total. The van der Waals surface area contributed by atoms with Crippen LogP contribution >= 0.6 is 0 Å². The molecular weight excluding hydrogens is 286 g/mol. The molecule has 0 saturated heterocycles. The van der Waals surface area contributed by atoms with Crippen molar-refractivity contribution in [3.63, 3.8) is 0 Å². The highest BCUT2D eigenvalue weighted by atomic mass is 16.6. The van der Waals surface area contributed by atoms with Crippen molar-refractivity contribution in [3.05, 3.63) is 40.1 Å². The lowest BCUT2D eigenvalue weighted by atomic mass is 10.0. The molecule has 0 radical (unpaired) electrons. The molecule has 2 rings (SSSR count). The topological polar surface area (TPSA) is 85.6 Å². The van der Waals surface area contributed by atoms with Gasteiger partial charge in [0.05, 0.1) is 0 Å². The Kier molecular flexibility index (Phi) is 4.44. The zero-order valence-corrected chi connectivity index (χ0v) is 12.9. The van der Waals surface area contributed by atoms with Gasteiger partial charge in [0.25, 0.3) is 0 Å². The van der Waals surface area contributed by atoms with E-state index in [1.165, 1.54) is 6.07 Å². The smallest absolute Gasteiger partial charge is 0.410 e. The van der Waals surface area contributed by atoms with E-state index in [9.17, 15) is 14.9 Å². The Morgan fingerprint density at radius 2 is 2.14 bits per heavy atom. The number of rotatable bonds is 2. The highest BCUT2D eigenvalue weighted by Gasteiger charge is 2.25. The summed E-state index contributed by atoms with van der Waals surface area (Å²) in [5.74, 6) is -0.173. The summed E-state index contributed by atoms with van der Waals surface area (Å²) in [6.07, 6.45) is 2.10. The molecule has 0 aromatic carbocycles. The summed E-state index contributed by atoms with van der Waals surface area (Å²) in [5, 5.41) is 10.8. The van der Waals surface area contributed by atoms with E-state index < -0.39 is 10.5 Å². The maximum absolute atomic E-state index is 12.0. The highest BCUT2D eigenvalue weighted by molar-refractivity contribution is 5.72. The van der Waals surface area contributed by atoms with Crippen LogP contribution in [0.15, 0.2) is 24.3 Å². The first-order valence-electron chi connectivity index (χ1n) is 7.05. The number of pyridine rings is 1. The van der Waals surface area contributed by atoms with Crippen LogP contribution in [0.3, 0.4) is 0 Å². The van der Waals surface area contributed by atoms with Crippen LogP contribution in [-0.2, 0) is 4.74 Å². The van der Waals surface area contributed by atoms with Crippen LogP contribution in [0.4, 0.5) is 10.6 Å². The molecule has 7 heteroatoms. The summed E-state index contributed by atoms with van der Waals surface area (Å²) in [7, 11) is 0. The molecule has 22 heavy (non-hydrogen) atoms. The third kappa shape index (κ3) is 4.03. The summed E-state index contributed by atoms with van der Waals surface area (Å²) >= 11 is 0. The summed E-state index contributed by atoms with van der Waals surface area (Å²) in [6, 6.07) is 4.71. The van der Waals surface area contributed by atoms with Crippen LogP contribution in [0.2, 0.25) is 0 Å². The van der Waals surface area contributed by atoms with Gasteiger partial charge in [-0.3, -0.25) is 0 Å². The largest absolute Gasteiger partial charge is 0.444 e. The van der Waals surface area contributed by atoms with Gasteiger partial charge in [-0.25, -0.2) is 4.79 Å². The van der Waals surface area contributed by atoms with Gasteiger partial charge in [0, 0.05) is 24.7 Å². The standard InChI is InChI=1S/C15H19N3O4/c1-15(2,3)22-14(19)17-9-7-11(8-10-17)12-5-4-6-13(16-12)18(20)21/h4-7H,8-10H2,1-3H3. The lowest BCUT2D eigenvalue weighted by Crippen LogP contribution is -2.39. The Morgan fingerprint density at radius 3 is 2.68 bits per heavy atom. The maximum atomic E-state index is 12.0. The van der Waals surface area contributed by atoms with Crippen molar-refractivity contribution >= 4 is 17.5 Å². The van der Waals surface area contributed by atoms with Crippen molar-refractivity contribution in [1.82, 2.24) is 9.88 Å². The fraction of sp³-hybridized carbons (Fsp3) is 0.467. The van der Waals surface area contributed by atoms with Gasteiger partial charge in [0.1, 0.15) is 5.60 Å². The van der Waals surface area contributed by atoms with Gasteiger partial charge < -0.3 is 19.8 Å². The summed E-state index contributed by atoms with van der Waals surface area (Å²) < 4.78 is 5.32. The van der Waals surface area contributed by atoms with Crippen LogP contribution in [0.5, 0.6) is 0 Å². The number of aromatic nitrogens is 1. The van der Waals surface area contributed by atoms with Gasteiger partial charge in [-0.2, -0.15) is 0 Å². The van der Waals surface area contributed by atoms with Gasteiger partial charge in [-0.05, 0) is 49.2 Å². The number of hydrogen-bond acceptors (Lipinski definition) is 5. The Labute approximate surface area is 128 Å². The van der Waals surface area contributed by atoms with E-state index in [0.717, 1.165) is 5.57 Å². The fourth-order valence-corrected chi connectivity index (χ4v) is 2.10. The van der Waals surface area contributed by atoms with E-state index in [-0.39, 0.29) is 11.9 Å². The van der Waals surface area contributed by atoms with E-state index in [2.05, 4.69) is 4.98 Å². The molecule has 0 saturated carbocycles. The van der Waals surface area contributed by atoms with E-state index in [4.69, 9.17) is 4.74 Å². The molecule has 1 amide bonds. The number of carbonyl (C=O) groups is 1. The number of nitrogens with zero attached hydrogens (tertiary/aromatic N) is 3. The monoisotopic (exact) mass is 305 g/mol. The number of carbonyl (C=O) groups excluding carboxylic acids is 1. The van der Waals surface area contributed by atoms with Crippen LogP contribution in [-0.4, -0.2) is 39.6 Å². The quantitative estimate of drug-likeness (QED) is 0.619. The Balaban J connectivity index is 2.07. The average Bonchev–Trinajstić information content (AvgIpc) is 2.46. The number of nitro groups is 1. The lowest BCUT2D eigenvalue weighted by Gasteiger charge is -2.29. The summed E-state index contributed by atoms with van der Waals surface area (Å²) in [4.78, 5) is 27.8. The van der Waals surface area contributed by atoms with Gasteiger partial charge in [-0.1, -0.05) is 6.08 Å². The van der Waals surface area contributed by atoms with Crippen molar-refractivity contribution in [3.8, 4) is 0 Å². The number of ether oxygens (including phenoxy) is 1. The zero-order valence-electron chi connectivity index (χ0n) is 12.9. The Morgan fingerprint density at radius 1 is 1.41 bits per heavy atom. The van der Waals surface area contributed by atoms with Crippen molar-refractivity contribution in [1.29, 1.82) is 0 Å². The van der Waals surface area contributed by atoms with Crippen molar-refractivity contribution in [2.24, 2.45) is 0 Å². The molecule has 1 aromatic heterocycles. The minimum Gasteiger partial charge on any atom is -0.444 e. The van der Waals surface area contributed by atoms with Gasteiger partial charge >= 0.3 is 11.9 Å². The van der Waals surface area contributed by atoms with E-state index >= 15 is 0 Å². The Bertz CT molecular complexity index is 619. The van der Waals surface area contributed by atoms with Crippen molar-refractivity contribution in [2.75, 3.05) is 13.1 Å². The molecule has 0 fully saturated rings. The predicted octanol–water partition coefficient (Wildman–Crippen LogP) is 3.01. The first-order chi connectivity index (χ1) is 10.3. The second-order valence-electron chi connectivity index (χ2n) is 6.04. The molecule has 2 heterocycles. The lowest BCUT2D eigenvalue weighted by molar-refractivity contribution is -0.389. The van der Waals surface area contributed by atoms with Gasteiger partial charge in [0.15, 0.2) is 5.69 Å². The third-order valence-corrected chi connectivity index (χ3v) is 3.11. The molecule has 118 valence electrons. The normalized spacial score (nSPS) is 15.2. The molecule has 0 bridgehead atoms. The second kappa shape index (κ2) is 6.13. The molecule has 1 aliphatic heterocycles. The molecule has 0 aliphatic carbocycles. The highest BCUT2D eigenvalue weighted by Crippen LogP contribution is 2.23. The van der Waals surface area contributed by atoms with Crippen molar-refractivity contribution in [2.45, 2.75) is 32.8 Å². The summed E-state index contributed by atoms with van der Waals surface area (Å²) in [5.41, 5.74) is 0.962. The molecular formula is C15H19N3O4. The minimum atomic E-state index is -0.525. The van der Waals surface area contributed by atoms with Crippen LogP contribution < -0.4 is 0 Å². The third-order valence-electron chi connectivity index (χ3n) is 3.11. The molecule has 1 aromatic rings. The van der Waals surface area contributed by atoms with Gasteiger partial charge in [0.2, 0.25) is 0 Å². The van der Waals surface area contributed by atoms with Crippen LogP contribution in [0.1, 0.15) is 32.9 Å². The Hall–Kier alpha value is -2.44. The molecule has 0 N–H and O–H groups in total. The maximum Gasteiger partial charge on any atom is 0.410 e. The molecule has 1 aliphatic rings. The van der Waals surface area contributed by atoms with Gasteiger partial charge in [-0.15, -0.1) is 0 Å². The fourth-order valence-electron chi connectivity index (χ4n) is 2.10. The SMILES string of the molecule is CC(C)(C)OC(=O)N1CC=C(c2cccc([N+](=O)[O-])n2)CC1. The predicted molar refractivity (Wildman–Crippen MR) is 81.3 cm³/mol. The molecule has 0 unspecified atom stereocenters. The van der Waals surface area contributed by atoms with E-state index in [0.29, 0.717) is 25.2 Å². The minimum absolute atomic E-state index is 0.173. The average molecular weight is 305 g/mol. The second-order valence-corrected chi connectivity index (χ2v) is 6.04. The van der Waals surface area contributed by atoms with E-state index in [1.807, 2.05) is 26.8 Å². The van der Waals surface area contributed by atoms with Crippen LogP contribution in [0, 0.1) is 10.1 Å². The summed E-state index contributed by atoms with van der Waals surface area (Å²) in [6.45, 7) is 6.38. The molecule has 0 spiro atoms. The first-order valence-corrected chi connectivity index (χ1v) is 7.05. The number of amides is 1. The number of hydrogen-bond donors (Lipinski definition) is 0. The van der Waals surface area contributed by atoms with E-state index in [1.54, 1.807) is 17.0 Å². The van der Waals surface area contributed by atoms with Crippen LogP contribution in [0.25, 0.3) is 5.57 Å². The zero-order chi connectivity index (χ0) is 16.3. The molecule has 0 atom stereocenters. The van der Waals surface area contributed by atoms with Crippen molar-refractivity contribution < 1.29 is 14.5 Å².